The second-order valence-electron chi connectivity index (χ2n) is 14.4. The zero-order chi connectivity index (χ0) is 34.4. The SMILES string of the molecule is c1cc2c(c(-n3c4ccccc4c4ccccc43)c1)Oc1ccc3c4ccccc4n4c3c1B2c1cc(-n2c3ccccc3c3ccccc32)ccc1-4. The van der Waals surface area contributed by atoms with Gasteiger partial charge < -0.3 is 18.4 Å². The van der Waals surface area contributed by atoms with Gasteiger partial charge >= 0.3 is 0 Å². The van der Waals surface area contributed by atoms with Crippen molar-refractivity contribution in [1.82, 2.24) is 13.7 Å². The predicted octanol–water partition coefficient (Wildman–Crippen LogP) is 9.91. The Kier molecular flexibility index (Phi) is 5.16. The van der Waals surface area contributed by atoms with E-state index >= 15 is 0 Å². The first-order chi connectivity index (χ1) is 26.3. The standard InChI is InChI=1S/C48H28BN3O/c1-6-18-38-30(12-1)31-13-2-7-19-39(31)50(38)29-24-26-43-37(28-29)49-36-17-11-23-44(51-40-20-8-3-14-32(40)33-15-4-9-21-41(33)51)48(36)53-45-27-25-35-34-16-5-10-22-42(34)52(43)47(35)46(45)49/h1-28H. The Morgan fingerprint density at radius 3 is 1.51 bits per heavy atom. The molecule has 8 aromatic carbocycles. The fraction of sp³-hybridized carbons (Fsp3) is 0. The molecule has 5 heterocycles. The van der Waals surface area contributed by atoms with Crippen LogP contribution in [0.4, 0.5) is 0 Å². The van der Waals surface area contributed by atoms with E-state index in [2.05, 4.69) is 184 Å². The molecule has 0 saturated carbocycles. The van der Waals surface area contributed by atoms with Crippen LogP contribution in [0, 0.1) is 0 Å². The van der Waals surface area contributed by atoms with E-state index in [-0.39, 0.29) is 6.71 Å². The summed E-state index contributed by atoms with van der Waals surface area (Å²) in [6, 6.07) is 62.0. The van der Waals surface area contributed by atoms with Crippen LogP contribution in [0.5, 0.6) is 11.5 Å². The summed E-state index contributed by atoms with van der Waals surface area (Å²) in [4.78, 5) is 0. The molecule has 0 radical (unpaired) electrons. The summed E-state index contributed by atoms with van der Waals surface area (Å²) in [6.45, 7) is -0.0367. The lowest BCUT2D eigenvalue weighted by atomic mass is 9.34. The van der Waals surface area contributed by atoms with Crippen molar-refractivity contribution in [3.63, 3.8) is 0 Å². The van der Waals surface area contributed by atoms with Crippen LogP contribution < -0.4 is 21.1 Å². The van der Waals surface area contributed by atoms with Crippen LogP contribution in [0.15, 0.2) is 170 Å². The third-order valence-corrected chi connectivity index (χ3v) is 11.9. The van der Waals surface area contributed by atoms with Gasteiger partial charge in [-0.3, -0.25) is 0 Å². The minimum absolute atomic E-state index is 0.0367. The van der Waals surface area contributed by atoms with Crippen LogP contribution in [0.2, 0.25) is 0 Å². The first-order valence-electron chi connectivity index (χ1n) is 18.3. The van der Waals surface area contributed by atoms with Crippen molar-refractivity contribution >= 4 is 88.5 Å². The summed E-state index contributed by atoms with van der Waals surface area (Å²) in [6.07, 6.45) is 0. The number of benzene rings is 8. The van der Waals surface area contributed by atoms with E-state index in [0.717, 1.165) is 22.9 Å². The van der Waals surface area contributed by atoms with Gasteiger partial charge in [-0.2, -0.15) is 0 Å². The molecule has 2 aliphatic rings. The van der Waals surface area contributed by atoms with E-state index in [0.29, 0.717) is 0 Å². The number of nitrogens with zero attached hydrogens (tertiary/aromatic N) is 3. The van der Waals surface area contributed by atoms with Crippen LogP contribution in [-0.2, 0) is 0 Å². The third-order valence-electron chi connectivity index (χ3n) is 11.9. The number of hydrogen-bond donors (Lipinski definition) is 0. The number of ether oxygens (including phenoxy) is 1. The summed E-state index contributed by atoms with van der Waals surface area (Å²) in [5, 5.41) is 7.52. The first-order valence-corrected chi connectivity index (χ1v) is 18.3. The van der Waals surface area contributed by atoms with Crippen molar-refractivity contribution in [3.05, 3.63) is 170 Å². The highest BCUT2D eigenvalue weighted by Gasteiger charge is 2.41. The van der Waals surface area contributed by atoms with Crippen molar-refractivity contribution in [1.29, 1.82) is 0 Å². The van der Waals surface area contributed by atoms with Crippen LogP contribution in [0.1, 0.15) is 0 Å². The van der Waals surface area contributed by atoms with Gasteiger partial charge in [-0.15, -0.1) is 0 Å². The lowest BCUT2D eigenvalue weighted by molar-refractivity contribution is 0.486. The van der Waals surface area contributed by atoms with Gasteiger partial charge in [0.15, 0.2) is 0 Å². The van der Waals surface area contributed by atoms with Crippen LogP contribution in [0.25, 0.3) is 82.5 Å². The number of aromatic nitrogens is 3. The Morgan fingerprint density at radius 2 is 0.906 bits per heavy atom. The van der Waals surface area contributed by atoms with Crippen molar-refractivity contribution in [2.45, 2.75) is 0 Å². The maximum absolute atomic E-state index is 7.19. The average molecular weight is 674 g/mol. The molecule has 0 aliphatic carbocycles. The summed E-state index contributed by atoms with van der Waals surface area (Å²) in [5.74, 6) is 1.83. The molecule has 11 aromatic rings. The Balaban J connectivity index is 1.15. The Hall–Kier alpha value is -6.98. The Bertz CT molecular complexity index is 3290. The lowest BCUT2D eigenvalue weighted by Crippen LogP contribution is -2.58. The highest BCUT2D eigenvalue weighted by Crippen LogP contribution is 2.42. The van der Waals surface area contributed by atoms with Crippen molar-refractivity contribution in [3.8, 4) is 28.6 Å². The lowest BCUT2D eigenvalue weighted by Gasteiger charge is -2.34. The molecule has 0 spiro atoms. The molecule has 4 nitrogen and oxygen atoms in total. The Labute approximate surface area is 304 Å². The van der Waals surface area contributed by atoms with Crippen molar-refractivity contribution in [2.24, 2.45) is 0 Å². The van der Waals surface area contributed by atoms with E-state index in [1.807, 2.05) is 0 Å². The van der Waals surface area contributed by atoms with Gasteiger partial charge in [0.25, 0.3) is 6.71 Å². The molecule has 0 amide bonds. The largest absolute Gasteiger partial charge is 0.456 e. The second kappa shape index (κ2) is 9.87. The fourth-order valence-electron chi connectivity index (χ4n) is 9.83. The molecule has 3 aromatic heterocycles. The van der Waals surface area contributed by atoms with Gasteiger partial charge in [0.2, 0.25) is 0 Å². The van der Waals surface area contributed by atoms with Crippen LogP contribution in [-0.4, -0.2) is 20.4 Å². The molecule has 0 saturated heterocycles. The molecule has 0 bridgehead atoms. The van der Waals surface area contributed by atoms with Gasteiger partial charge in [-0.05, 0) is 83.1 Å². The van der Waals surface area contributed by atoms with E-state index < -0.39 is 0 Å². The van der Waals surface area contributed by atoms with E-state index in [9.17, 15) is 0 Å². The maximum atomic E-state index is 7.19. The molecule has 244 valence electrons. The van der Waals surface area contributed by atoms with E-state index in [1.54, 1.807) is 0 Å². The summed E-state index contributed by atoms with van der Waals surface area (Å²) >= 11 is 0. The summed E-state index contributed by atoms with van der Waals surface area (Å²) in [5.41, 5.74) is 14.3. The number of fused-ring (bicyclic) bond motifs is 14. The second-order valence-corrected chi connectivity index (χ2v) is 14.4. The fourth-order valence-corrected chi connectivity index (χ4v) is 9.83. The van der Waals surface area contributed by atoms with Gasteiger partial charge in [-0.1, -0.05) is 103 Å². The van der Waals surface area contributed by atoms with E-state index in [1.165, 1.54) is 87.5 Å². The monoisotopic (exact) mass is 673 g/mol. The smallest absolute Gasteiger partial charge is 0.256 e. The van der Waals surface area contributed by atoms with Crippen molar-refractivity contribution < 1.29 is 4.74 Å². The normalized spacial score (nSPS) is 13.0. The molecule has 0 unspecified atom stereocenters. The number of rotatable bonds is 2. The Morgan fingerprint density at radius 1 is 0.377 bits per heavy atom. The van der Waals surface area contributed by atoms with Crippen LogP contribution >= 0.6 is 0 Å². The highest BCUT2D eigenvalue weighted by molar-refractivity contribution is 6.99. The molecule has 5 heteroatoms. The maximum Gasteiger partial charge on any atom is 0.256 e. The highest BCUT2D eigenvalue weighted by atomic mass is 16.5. The summed E-state index contributed by atoms with van der Waals surface area (Å²) in [7, 11) is 0. The molecular weight excluding hydrogens is 645 g/mol. The van der Waals surface area contributed by atoms with Gasteiger partial charge in [0, 0.05) is 43.7 Å². The van der Waals surface area contributed by atoms with Gasteiger partial charge in [0.05, 0.1) is 38.8 Å². The number of para-hydroxylation sites is 6. The molecule has 0 N–H and O–H groups in total. The molecule has 0 atom stereocenters. The van der Waals surface area contributed by atoms with Crippen LogP contribution in [0.3, 0.4) is 0 Å². The van der Waals surface area contributed by atoms with Crippen molar-refractivity contribution in [2.75, 3.05) is 0 Å². The van der Waals surface area contributed by atoms with E-state index in [4.69, 9.17) is 4.74 Å². The molecule has 13 rings (SSSR count). The minimum atomic E-state index is -0.0367. The number of hydrogen-bond acceptors (Lipinski definition) is 1. The molecule has 53 heavy (non-hydrogen) atoms. The zero-order valence-electron chi connectivity index (χ0n) is 28.5. The minimum Gasteiger partial charge on any atom is -0.456 e. The zero-order valence-corrected chi connectivity index (χ0v) is 28.5. The quantitative estimate of drug-likeness (QED) is 0.168. The van der Waals surface area contributed by atoms with Gasteiger partial charge in [0.1, 0.15) is 11.5 Å². The third kappa shape index (κ3) is 3.42. The summed E-state index contributed by atoms with van der Waals surface area (Å²) < 4.78 is 14.5. The molecular formula is C48H28BN3O. The predicted molar refractivity (Wildman–Crippen MR) is 221 cm³/mol. The average Bonchev–Trinajstić information content (AvgIpc) is 3.86. The molecule has 0 fully saturated rings. The topological polar surface area (TPSA) is 24.0 Å². The first kappa shape index (κ1) is 27.7. The molecule has 2 aliphatic heterocycles. The van der Waals surface area contributed by atoms with Gasteiger partial charge in [-0.25, -0.2) is 0 Å².